The van der Waals surface area contributed by atoms with Gasteiger partial charge in [0, 0.05) is 30.9 Å². The molecule has 2 heterocycles. The van der Waals surface area contributed by atoms with Crippen molar-refractivity contribution in [2.24, 2.45) is 7.05 Å². The van der Waals surface area contributed by atoms with Crippen LogP contribution in [0, 0.1) is 6.92 Å². The molecule has 0 bridgehead atoms. The lowest BCUT2D eigenvalue weighted by molar-refractivity contribution is 0.0961. The average Bonchev–Trinajstić information content (AvgIpc) is 3.06. The maximum atomic E-state index is 13.2. The number of aryl methyl sites for hydroxylation is 2. The van der Waals surface area contributed by atoms with Crippen molar-refractivity contribution < 1.29 is 9.59 Å². The Morgan fingerprint density at radius 1 is 0.967 bits per heavy atom. The first-order chi connectivity index (χ1) is 14.5. The molecule has 4 rings (SSSR count). The SMILES string of the molecule is CNC(=O)c1cccc(NC(=O)c2cc(-c3ccccc3)nc3c2c(C)nn3C)c1. The number of carbonyl (C=O) groups is 2. The monoisotopic (exact) mass is 399 g/mol. The molecule has 0 aliphatic rings. The summed E-state index contributed by atoms with van der Waals surface area (Å²) >= 11 is 0. The summed E-state index contributed by atoms with van der Waals surface area (Å²) in [5.41, 5.74) is 4.45. The number of nitrogens with zero attached hydrogens (tertiary/aromatic N) is 3. The van der Waals surface area contributed by atoms with Crippen molar-refractivity contribution in [3.63, 3.8) is 0 Å². The number of pyridine rings is 1. The van der Waals surface area contributed by atoms with E-state index in [0.29, 0.717) is 33.5 Å². The van der Waals surface area contributed by atoms with Gasteiger partial charge in [-0.2, -0.15) is 5.10 Å². The third-order valence-corrected chi connectivity index (χ3v) is 4.89. The van der Waals surface area contributed by atoms with Crippen molar-refractivity contribution in [1.29, 1.82) is 0 Å². The third kappa shape index (κ3) is 3.53. The van der Waals surface area contributed by atoms with E-state index in [1.807, 2.05) is 44.3 Å². The molecule has 0 aliphatic heterocycles. The Morgan fingerprint density at radius 2 is 1.73 bits per heavy atom. The van der Waals surface area contributed by atoms with Crippen molar-refractivity contribution in [2.75, 3.05) is 12.4 Å². The quantitative estimate of drug-likeness (QED) is 0.549. The van der Waals surface area contributed by atoms with E-state index in [1.165, 1.54) is 0 Å². The Morgan fingerprint density at radius 3 is 2.47 bits per heavy atom. The molecule has 7 heteroatoms. The van der Waals surface area contributed by atoms with Crippen LogP contribution in [0.1, 0.15) is 26.4 Å². The molecule has 0 aliphatic carbocycles. The van der Waals surface area contributed by atoms with Crippen LogP contribution in [0.15, 0.2) is 60.7 Å². The molecule has 0 atom stereocenters. The highest BCUT2D eigenvalue weighted by atomic mass is 16.2. The van der Waals surface area contributed by atoms with Crippen LogP contribution in [0.4, 0.5) is 5.69 Å². The highest BCUT2D eigenvalue weighted by Crippen LogP contribution is 2.27. The van der Waals surface area contributed by atoms with Gasteiger partial charge in [0.25, 0.3) is 11.8 Å². The molecule has 2 amide bonds. The summed E-state index contributed by atoms with van der Waals surface area (Å²) in [6.45, 7) is 1.86. The van der Waals surface area contributed by atoms with E-state index < -0.39 is 0 Å². The summed E-state index contributed by atoms with van der Waals surface area (Å²) in [6, 6.07) is 18.3. The fraction of sp³-hybridized carbons (Fsp3) is 0.130. The van der Waals surface area contributed by atoms with E-state index in [4.69, 9.17) is 4.98 Å². The second kappa shape index (κ2) is 7.79. The first kappa shape index (κ1) is 19.3. The van der Waals surface area contributed by atoms with E-state index in [1.54, 1.807) is 42.1 Å². The largest absolute Gasteiger partial charge is 0.355 e. The van der Waals surface area contributed by atoms with Crippen LogP contribution in [-0.2, 0) is 7.05 Å². The van der Waals surface area contributed by atoms with Crippen LogP contribution in [0.3, 0.4) is 0 Å². The molecule has 30 heavy (non-hydrogen) atoms. The number of aromatic nitrogens is 3. The average molecular weight is 399 g/mol. The Balaban J connectivity index is 1.79. The van der Waals surface area contributed by atoms with Gasteiger partial charge in [-0.1, -0.05) is 36.4 Å². The zero-order valence-corrected chi connectivity index (χ0v) is 16.9. The molecule has 150 valence electrons. The summed E-state index contributed by atoms with van der Waals surface area (Å²) in [7, 11) is 3.38. The highest BCUT2D eigenvalue weighted by Gasteiger charge is 2.19. The first-order valence-electron chi connectivity index (χ1n) is 9.51. The van der Waals surface area contributed by atoms with Gasteiger partial charge in [-0.15, -0.1) is 0 Å². The molecule has 0 saturated carbocycles. The number of hydrogen-bond acceptors (Lipinski definition) is 4. The number of amides is 2. The maximum absolute atomic E-state index is 13.2. The van der Waals surface area contributed by atoms with Crippen molar-refractivity contribution in [3.8, 4) is 11.3 Å². The van der Waals surface area contributed by atoms with E-state index in [9.17, 15) is 9.59 Å². The van der Waals surface area contributed by atoms with Crippen LogP contribution in [0.2, 0.25) is 0 Å². The van der Waals surface area contributed by atoms with Crippen LogP contribution < -0.4 is 10.6 Å². The second-order valence-electron chi connectivity index (χ2n) is 6.94. The number of nitrogens with one attached hydrogen (secondary N) is 2. The molecular weight excluding hydrogens is 378 g/mol. The molecule has 4 aromatic rings. The van der Waals surface area contributed by atoms with Crippen LogP contribution in [0.5, 0.6) is 0 Å². The summed E-state index contributed by atoms with van der Waals surface area (Å²) in [5, 5.41) is 10.6. The van der Waals surface area contributed by atoms with Crippen LogP contribution in [0.25, 0.3) is 22.3 Å². The van der Waals surface area contributed by atoms with Gasteiger partial charge < -0.3 is 10.6 Å². The lowest BCUT2D eigenvalue weighted by Crippen LogP contribution is -2.18. The number of carbonyl (C=O) groups excluding carboxylic acids is 2. The predicted octanol–water partition coefficient (Wildman–Crippen LogP) is 3.56. The van der Waals surface area contributed by atoms with Crippen molar-refractivity contribution in [2.45, 2.75) is 6.92 Å². The standard InChI is InChI=1S/C23H21N5O2/c1-14-20-18(23(30)25-17-11-7-10-16(12-17)22(29)24-2)13-19(15-8-5-4-6-9-15)26-21(20)28(3)27-14/h4-13H,1-3H3,(H,24,29)(H,25,30). The van der Waals surface area contributed by atoms with E-state index >= 15 is 0 Å². The second-order valence-corrected chi connectivity index (χ2v) is 6.94. The number of rotatable bonds is 4. The highest BCUT2D eigenvalue weighted by molar-refractivity contribution is 6.13. The predicted molar refractivity (Wildman–Crippen MR) is 116 cm³/mol. The zero-order valence-electron chi connectivity index (χ0n) is 16.9. The summed E-state index contributed by atoms with van der Waals surface area (Å²) in [6.07, 6.45) is 0. The Kier molecular flexibility index (Phi) is 5.02. The molecule has 0 fully saturated rings. The molecule has 2 aromatic heterocycles. The minimum Gasteiger partial charge on any atom is -0.355 e. The Bertz CT molecular complexity index is 1260. The zero-order chi connectivity index (χ0) is 21.3. The van der Waals surface area contributed by atoms with Gasteiger partial charge in [0.2, 0.25) is 0 Å². The minimum atomic E-state index is -0.287. The number of anilines is 1. The van der Waals surface area contributed by atoms with Gasteiger partial charge >= 0.3 is 0 Å². The third-order valence-electron chi connectivity index (χ3n) is 4.89. The lowest BCUT2D eigenvalue weighted by atomic mass is 10.0. The first-order valence-corrected chi connectivity index (χ1v) is 9.51. The van der Waals surface area contributed by atoms with Gasteiger partial charge in [-0.05, 0) is 31.2 Å². The molecule has 2 N–H and O–H groups in total. The van der Waals surface area contributed by atoms with Crippen molar-refractivity contribution in [3.05, 3.63) is 77.5 Å². The van der Waals surface area contributed by atoms with Gasteiger partial charge in [-0.3, -0.25) is 14.3 Å². The normalized spacial score (nSPS) is 10.8. The topological polar surface area (TPSA) is 88.9 Å². The Labute approximate surface area is 173 Å². The van der Waals surface area contributed by atoms with Crippen LogP contribution >= 0.6 is 0 Å². The summed E-state index contributed by atoms with van der Waals surface area (Å²) < 4.78 is 1.68. The fourth-order valence-corrected chi connectivity index (χ4v) is 3.46. The van der Waals surface area contributed by atoms with E-state index in [2.05, 4.69) is 15.7 Å². The molecule has 0 unspecified atom stereocenters. The molecular formula is C23H21N5O2. The minimum absolute atomic E-state index is 0.216. The summed E-state index contributed by atoms with van der Waals surface area (Å²) in [5.74, 6) is -0.503. The molecule has 2 aromatic carbocycles. The maximum Gasteiger partial charge on any atom is 0.256 e. The van der Waals surface area contributed by atoms with E-state index in [0.717, 1.165) is 11.3 Å². The molecule has 7 nitrogen and oxygen atoms in total. The number of hydrogen-bond donors (Lipinski definition) is 2. The van der Waals surface area contributed by atoms with Gasteiger partial charge in [0.1, 0.15) is 0 Å². The van der Waals surface area contributed by atoms with E-state index in [-0.39, 0.29) is 11.8 Å². The van der Waals surface area contributed by atoms with Gasteiger partial charge in [0.15, 0.2) is 5.65 Å². The summed E-state index contributed by atoms with van der Waals surface area (Å²) in [4.78, 5) is 29.9. The fourth-order valence-electron chi connectivity index (χ4n) is 3.46. The Hall–Kier alpha value is -4.00. The molecule has 0 spiro atoms. The van der Waals surface area contributed by atoms with Crippen molar-refractivity contribution >= 4 is 28.5 Å². The van der Waals surface area contributed by atoms with Crippen molar-refractivity contribution in [1.82, 2.24) is 20.1 Å². The van der Waals surface area contributed by atoms with Gasteiger partial charge in [-0.25, -0.2) is 4.98 Å². The number of fused-ring (bicyclic) bond motifs is 1. The number of benzene rings is 2. The lowest BCUT2D eigenvalue weighted by Gasteiger charge is -2.10. The molecule has 0 radical (unpaired) electrons. The van der Waals surface area contributed by atoms with Crippen LogP contribution in [-0.4, -0.2) is 33.6 Å². The molecule has 0 saturated heterocycles. The van der Waals surface area contributed by atoms with Gasteiger partial charge in [0.05, 0.1) is 22.3 Å². The smallest absolute Gasteiger partial charge is 0.256 e.